The Morgan fingerprint density at radius 3 is 2.29 bits per heavy atom. The number of hydrogen-bond acceptors (Lipinski definition) is 7. The maximum atomic E-state index is 12.4. The summed E-state index contributed by atoms with van der Waals surface area (Å²) in [5, 5.41) is 3.44. The van der Waals surface area contributed by atoms with E-state index in [0.29, 0.717) is 22.8 Å². The molecule has 8 nitrogen and oxygen atoms in total. The fraction of sp³-hybridized carbons (Fsp3) is 0.304. The van der Waals surface area contributed by atoms with Crippen LogP contribution in [-0.4, -0.2) is 58.5 Å². The molecule has 3 rings (SSSR count). The van der Waals surface area contributed by atoms with Gasteiger partial charge in [0.25, 0.3) is 0 Å². The van der Waals surface area contributed by atoms with E-state index in [9.17, 15) is 9.59 Å². The number of carbonyl (C=O) groups excluding carboxylic acids is 2. The monoisotopic (exact) mass is 426 g/mol. The molecule has 0 saturated carbocycles. The second-order valence-corrected chi connectivity index (χ2v) is 6.87. The lowest BCUT2D eigenvalue weighted by molar-refractivity contribution is -0.136. The van der Waals surface area contributed by atoms with E-state index in [4.69, 9.17) is 18.9 Å². The van der Waals surface area contributed by atoms with Crippen molar-refractivity contribution < 1.29 is 28.5 Å². The van der Waals surface area contributed by atoms with Crippen molar-refractivity contribution in [3.05, 3.63) is 70.9 Å². The highest BCUT2D eigenvalue weighted by molar-refractivity contribution is 5.91. The molecule has 164 valence electrons. The average molecular weight is 426 g/mol. The van der Waals surface area contributed by atoms with Crippen LogP contribution in [0.5, 0.6) is 11.5 Å². The topological polar surface area (TPSA) is 86.3 Å². The molecule has 1 N–H and O–H groups in total. The first kappa shape index (κ1) is 22.0. The molecule has 1 aliphatic rings. The number of ether oxygens (including phenoxy) is 4. The molecule has 0 fully saturated rings. The van der Waals surface area contributed by atoms with Crippen LogP contribution in [0.15, 0.2) is 59.8 Å². The van der Waals surface area contributed by atoms with Gasteiger partial charge in [-0.1, -0.05) is 30.3 Å². The van der Waals surface area contributed by atoms with E-state index in [2.05, 4.69) is 5.32 Å². The number of esters is 1. The molecule has 0 aromatic heterocycles. The fourth-order valence-corrected chi connectivity index (χ4v) is 3.55. The van der Waals surface area contributed by atoms with Crippen molar-refractivity contribution >= 4 is 12.1 Å². The summed E-state index contributed by atoms with van der Waals surface area (Å²) in [6.07, 6.45) is -0.517. The van der Waals surface area contributed by atoms with Gasteiger partial charge in [-0.05, 0) is 17.7 Å². The molecule has 1 unspecified atom stereocenters. The van der Waals surface area contributed by atoms with Crippen LogP contribution in [0.25, 0.3) is 0 Å². The minimum atomic E-state index is -0.517. The number of rotatable bonds is 7. The van der Waals surface area contributed by atoms with Crippen LogP contribution in [0.4, 0.5) is 4.79 Å². The van der Waals surface area contributed by atoms with Crippen molar-refractivity contribution in [2.75, 3.05) is 41.5 Å². The van der Waals surface area contributed by atoms with Crippen molar-refractivity contribution in [3.63, 3.8) is 0 Å². The number of nitrogens with zero attached hydrogens (tertiary/aromatic N) is 1. The summed E-state index contributed by atoms with van der Waals surface area (Å²) in [6.45, 7) is 0.293. The van der Waals surface area contributed by atoms with Crippen molar-refractivity contribution in [1.29, 1.82) is 0 Å². The number of benzene rings is 2. The molecule has 31 heavy (non-hydrogen) atoms. The Hall–Kier alpha value is -3.68. The molecule has 2 aromatic carbocycles. The predicted molar refractivity (Wildman–Crippen MR) is 114 cm³/mol. The van der Waals surface area contributed by atoms with Crippen LogP contribution < -0.4 is 14.8 Å². The van der Waals surface area contributed by atoms with Crippen LogP contribution in [0.2, 0.25) is 0 Å². The molecule has 1 aliphatic heterocycles. The van der Waals surface area contributed by atoms with Gasteiger partial charge in [0.15, 0.2) is 0 Å². The molecule has 0 aliphatic carbocycles. The normalized spacial score (nSPS) is 14.1. The highest BCUT2D eigenvalue weighted by atomic mass is 16.5. The molecular formula is C23H26N2O6. The van der Waals surface area contributed by atoms with Gasteiger partial charge in [-0.15, -0.1) is 0 Å². The molecule has 1 amide bonds. The zero-order valence-electron chi connectivity index (χ0n) is 18.0. The van der Waals surface area contributed by atoms with Gasteiger partial charge in [0.2, 0.25) is 0 Å². The lowest BCUT2D eigenvalue weighted by atomic mass is 9.97. The summed E-state index contributed by atoms with van der Waals surface area (Å²) in [6, 6.07) is 15.0. The van der Waals surface area contributed by atoms with Crippen LogP contribution >= 0.6 is 0 Å². The number of nitrogens with one attached hydrogen (secondary N) is 1. The van der Waals surface area contributed by atoms with Crippen LogP contribution in [0.3, 0.4) is 0 Å². The fourth-order valence-electron chi connectivity index (χ4n) is 3.55. The van der Waals surface area contributed by atoms with Crippen LogP contribution in [0, 0.1) is 0 Å². The summed E-state index contributed by atoms with van der Waals surface area (Å²) >= 11 is 0. The summed E-state index contributed by atoms with van der Waals surface area (Å²) < 4.78 is 20.7. The van der Waals surface area contributed by atoms with Gasteiger partial charge in [-0.3, -0.25) is 4.90 Å². The van der Waals surface area contributed by atoms with E-state index >= 15 is 0 Å². The third-order valence-electron chi connectivity index (χ3n) is 5.13. The minimum Gasteiger partial charge on any atom is -0.497 e. The molecule has 2 aromatic rings. The molecule has 0 spiro atoms. The van der Waals surface area contributed by atoms with Crippen molar-refractivity contribution in [3.8, 4) is 11.5 Å². The van der Waals surface area contributed by atoms with E-state index in [-0.39, 0.29) is 19.1 Å². The second kappa shape index (κ2) is 9.88. The number of carbonyl (C=O) groups is 2. The van der Waals surface area contributed by atoms with Gasteiger partial charge in [-0.2, -0.15) is 0 Å². The predicted octanol–water partition coefficient (Wildman–Crippen LogP) is 2.89. The lowest BCUT2D eigenvalue weighted by Crippen LogP contribution is -2.32. The molecule has 1 atom stereocenters. The standard InChI is InChI=1S/C23H26N2O6/c1-28-16-10-11-17(20(12-16)29-2)21(15-8-6-5-7-9-15)24-19-14-25(23(27)31-4)13-18(19)22(26)30-3/h5-12,21,24H,13-14H2,1-4H3. The Morgan fingerprint density at radius 1 is 0.935 bits per heavy atom. The maximum Gasteiger partial charge on any atom is 0.410 e. The lowest BCUT2D eigenvalue weighted by Gasteiger charge is -2.25. The van der Waals surface area contributed by atoms with Crippen LogP contribution in [-0.2, 0) is 14.3 Å². The van der Waals surface area contributed by atoms with Gasteiger partial charge in [0.05, 0.1) is 53.1 Å². The zero-order chi connectivity index (χ0) is 22.4. The first-order valence-corrected chi connectivity index (χ1v) is 9.69. The maximum absolute atomic E-state index is 12.4. The Morgan fingerprint density at radius 2 is 1.68 bits per heavy atom. The third-order valence-corrected chi connectivity index (χ3v) is 5.13. The van der Waals surface area contributed by atoms with E-state index in [1.54, 1.807) is 20.3 Å². The summed E-state index contributed by atoms with van der Waals surface area (Å²) in [4.78, 5) is 25.9. The quantitative estimate of drug-likeness (QED) is 0.682. The Labute approximate surface area is 181 Å². The summed E-state index contributed by atoms with van der Waals surface area (Å²) in [5.41, 5.74) is 2.77. The summed E-state index contributed by atoms with van der Waals surface area (Å²) in [5.74, 6) is 0.797. The van der Waals surface area contributed by atoms with Crippen molar-refractivity contribution in [1.82, 2.24) is 10.2 Å². The highest BCUT2D eigenvalue weighted by Crippen LogP contribution is 2.34. The van der Waals surface area contributed by atoms with Gasteiger partial charge in [0.1, 0.15) is 11.5 Å². The van der Waals surface area contributed by atoms with Crippen molar-refractivity contribution in [2.45, 2.75) is 6.04 Å². The van der Waals surface area contributed by atoms with E-state index in [1.807, 2.05) is 42.5 Å². The smallest absolute Gasteiger partial charge is 0.410 e. The number of methoxy groups -OCH3 is 4. The largest absolute Gasteiger partial charge is 0.497 e. The van der Waals surface area contributed by atoms with E-state index < -0.39 is 12.1 Å². The second-order valence-electron chi connectivity index (χ2n) is 6.87. The Kier molecular flexibility index (Phi) is 7.02. The average Bonchev–Trinajstić information content (AvgIpc) is 3.25. The van der Waals surface area contributed by atoms with Gasteiger partial charge in [0, 0.05) is 17.3 Å². The number of amides is 1. The van der Waals surface area contributed by atoms with Gasteiger partial charge < -0.3 is 24.3 Å². The van der Waals surface area contributed by atoms with Crippen LogP contribution in [0.1, 0.15) is 17.2 Å². The van der Waals surface area contributed by atoms with Crippen molar-refractivity contribution in [2.24, 2.45) is 0 Å². The first-order chi connectivity index (χ1) is 15.0. The molecule has 0 radical (unpaired) electrons. The molecular weight excluding hydrogens is 400 g/mol. The van der Waals surface area contributed by atoms with E-state index in [1.165, 1.54) is 19.1 Å². The van der Waals surface area contributed by atoms with E-state index in [0.717, 1.165) is 11.1 Å². The summed E-state index contributed by atoms with van der Waals surface area (Å²) in [7, 11) is 5.80. The number of hydrogen-bond donors (Lipinski definition) is 1. The SMILES string of the molecule is COC(=O)C1=C(NC(c2ccccc2)c2ccc(OC)cc2OC)CN(C(=O)OC)C1. The minimum absolute atomic E-state index is 0.100. The first-order valence-electron chi connectivity index (χ1n) is 9.69. The Bertz CT molecular complexity index is 973. The third kappa shape index (κ3) is 4.74. The highest BCUT2D eigenvalue weighted by Gasteiger charge is 2.33. The van der Waals surface area contributed by atoms with Gasteiger partial charge >= 0.3 is 12.1 Å². The molecule has 0 bridgehead atoms. The molecule has 0 saturated heterocycles. The molecule has 8 heteroatoms. The molecule has 1 heterocycles. The zero-order valence-corrected chi connectivity index (χ0v) is 18.0. The Balaban J connectivity index is 2.05. The van der Waals surface area contributed by atoms with Gasteiger partial charge in [-0.25, -0.2) is 9.59 Å².